The van der Waals surface area contributed by atoms with Crippen LogP contribution in [-0.2, 0) is 4.79 Å². The average Bonchev–Trinajstić information content (AvgIpc) is 2.00. The van der Waals surface area contributed by atoms with E-state index >= 15 is 0 Å². The van der Waals surface area contributed by atoms with Crippen LogP contribution in [0, 0.1) is 5.92 Å². The fourth-order valence-electron chi connectivity index (χ4n) is 0.795. The van der Waals surface area contributed by atoms with Gasteiger partial charge in [-0.25, -0.2) is 0 Å². The molecule has 0 radical (unpaired) electrons. The lowest BCUT2D eigenvalue weighted by Gasteiger charge is -2.09. The first-order valence-electron chi connectivity index (χ1n) is 4.51. The third-order valence-corrected chi connectivity index (χ3v) is 1.83. The zero-order chi connectivity index (χ0) is 9.56. The van der Waals surface area contributed by atoms with Crippen molar-refractivity contribution in [2.24, 2.45) is 5.92 Å². The Morgan fingerprint density at radius 2 is 2.08 bits per heavy atom. The molecule has 0 saturated carbocycles. The van der Waals surface area contributed by atoms with Crippen LogP contribution >= 0.6 is 0 Å². The minimum absolute atomic E-state index is 0.0326. The third-order valence-electron chi connectivity index (χ3n) is 1.83. The molecule has 12 heavy (non-hydrogen) atoms. The van der Waals surface area contributed by atoms with Crippen LogP contribution in [0.25, 0.3) is 0 Å². The van der Waals surface area contributed by atoms with E-state index in [1.165, 1.54) is 0 Å². The van der Waals surface area contributed by atoms with Gasteiger partial charge >= 0.3 is 0 Å². The van der Waals surface area contributed by atoms with Gasteiger partial charge in [-0.05, 0) is 12.8 Å². The summed E-state index contributed by atoms with van der Waals surface area (Å²) >= 11 is 0. The van der Waals surface area contributed by atoms with Gasteiger partial charge in [-0.1, -0.05) is 20.3 Å². The summed E-state index contributed by atoms with van der Waals surface area (Å²) in [6.45, 7) is 6.12. The molecule has 0 bridgehead atoms. The fraction of sp³-hybridized carbons (Fsp3) is 0.889. The van der Waals surface area contributed by atoms with Crippen molar-refractivity contribution in [3.05, 3.63) is 0 Å². The zero-order valence-corrected chi connectivity index (χ0v) is 8.13. The second kappa shape index (κ2) is 6.00. The second-order valence-corrected chi connectivity index (χ2v) is 3.37. The number of aliphatic hydroxyl groups excluding tert-OH is 1. The highest BCUT2D eigenvalue weighted by molar-refractivity contribution is 5.76. The Morgan fingerprint density at radius 1 is 1.50 bits per heavy atom. The van der Waals surface area contributed by atoms with E-state index in [0.717, 1.165) is 6.42 Å². The number of carbonyl (C=O) groups is 1. The van der Waals surface area contributed by atoms with Crippen molar-refractivity contribution in [1.82, 2.24) is 5.32 Å². The van der Waals surface area contributed by atoms with Crippen LogP contribution in [0.5, 0.6) is 0 Å². The van der Waals surface area contributed by atoms with E-state index in [1.54, 1.807) is 6.92 Å². The van der Waals surface area contributed by atoms with E-state index in [9.17, 15) is 4.79 Å². The first-order chi connectivity index (χ1) is 5.56. The summed E-state index contributed by atoms with van der Waals surface area (Å²) in [5, 5.41) is 11.5. The number of hydrogen-bond donors (Lipinski definition) is 2. The third kappa shape index (κ3) is 6.16. The molecule has 3 nitrogen and oxygen atoms in total. The molecule has 0 aliphatic rings. The highest BCUT2D eigenvalue weighted by atomic mass is 16.3. The summed E-state index contributed by atoms with van der Waals surface area (Å²) in [6, 6.07) is 0. The fourth-order valence-corrected chi connectivity index (χ4v) is 0.795. The summed E-state index contributed by atoms with van der Waals surface area (Å²) in [7, 11) is 0. The standard InChI is InChI=1S/C9H19NO2/c1-4-7(2)5-9(12)10-6-8(3)11/h7-8,11H,4-6H2,1-3H3,(H,10,12)/t7?,8-/m1/s1. The van der Waals surface area contributed by atoms with Gasteiger partial charge in [-0.3, -0.25) is 4.79 Å². The maximum atomic E-state index is 11.1. The van der Waals surface area contributed by atoms with Gasteiger partial charge < -0.3 is 10.4 Å². The largest absolute Gasteiger partial charge is 0.392 e. The molecule has 72 valence electrons. The van der Waals surface area contributed by atoms with E-state index < -0.39 is 6.10 Å². The maximum absolute atomic E-state index is 11.1. The molecule has 0 heterocycles. The average molecular weight is 173 g/mol. The molecule has 0 aliphatic heterocycles. The van der Waals surface area contributed by atoms with Gasteiger partial charge in [0.15, 0.2) is 0 Å². The first kappa shape index (κ1) is 11.4. The lowest BCUT2D eigenvalue weighted by Crippen LogP contribution is -2.31. The van der Waals surface area contributed by atoms with E-state index in [-0.39, 0.29) is 5.91 Å². The minimum Gasteiger partial charge on any atom is -0.392 e. The highest BCUT2D eigenvalue weighted by Crippen LogP contribution is 2.05. The summed E-state index contributed by atoms with van der Waals surface area (Å²) in [5.74, 6) is 0.462. The lowest BCUT2D eigenvalue weighted by molar-refractivity contribution is -0.122. The van der Waals surface area contributed by atoms with Crippen LogP contribution in [0.15, 0.2) is 0 Å². The van der Waals surface area contributed by atoms with Crippen molar-refractivity contribution in [1.29, 1.82) is 0 Å². The Balaban J connectivity index is 3.46. The van der Waals surface area contributed by atoms with Crippen molar-refractivity contribution < 1.29 is 9.90 Å². The molecule has 3 heteroatoms. The van der Waals surface area contributed by atoms with Crippen LogP contribution in [0.2, 0.25) is 0 Å². The zero-order valence-electron chi connectivity index (χ0n) is 8.13. The Bertz CT molecular complexity index is 134. The minimum atomic E-state index is -0.453. The number of nitrogens with one attached hydrogen (secondary N) is 1. The van der Waals surface area contributed by atoms with Gasteiger partial charge in [-0.2, -0.15) is 0 Å². The summed E-state index contributed by atoms with van der Waals surface area (Å²) in [6.07, 6.45) is 1.12. The van der Waals surface area contributed by atoms with Crippen molar-refractivity contribution in [3.63, 3.8) is 0 Å². The van der Waals surface area contributed by atoms with Gasteiger partial charge in [-0.15, -0.1) is 0 Å². The molecular weight excluding hydrogens is 154 g/mol. The molecule has 0 aromatic rings. The predicted molar refractivity (Wildman–Crippen MR) is 48.8 cm³/mol. The Labute approximate surface area is 74.2 Å². The Hall–Kier alpha value is -0.570. The Morgan fingerprint density at radius 3 is 2.50 bits per heavy atom. The molecule has 2 N–H and O–H groups in total. The van der Waals surface area contributed by atoms with Gasteiger partial charge in [0.25, 0.3) is 0 Å². The number of rotatable bonds is 5. The van der Waals surface area contributed by atoms with Crippen molar-refractivity contribution >= 4 is 5.91 Å². The van der Waals surface area contributed by atoms with Crippen LogP contribution in [0.3, 0.4) is 0 Å². The van der Waals surface area contributed by atoms with Gasteiger partial charge in [0.2, 0.25) is 5.91 Å². The van der Waals surface area contributed by atoms with Crippen molar-refractivity contribution in [3.8, 4) is 0 Å². The van der Waals surface area contributed by atoms with Crippen molar-refractivity contribution in [2.45, 2.75) is 39.7 Å². The molecule has 2 atom stereocenters. The molecule has 0 spiro atoms. The molecule has 1 amide bonds. The van der Waals surface area contributed by atoms with Crippen LogP contribution in [-0.4, -0.2) is 23.7 Å². The molecule has 0 aromatic carbocycles. The topological polar surface area (TPSA) is 49.3 Å². The molecule has 0 fully saturated rings. The predicted octanol–water partition coefficient (Wildman–Crippen LogP) is 0.920. The molecule has 0 saturated heterocycles. The quantitative estimate of drug-likeness (QED) is 0.649. The molecule has 1 unspecified atom stereocenters. The van der Waals surface area contributed by atoms with Crippen LogP contribution in [0.4, 0.5) is 0 Å². The number of carbonyl (C=O) groups excluding carboxylic acids is 1. The SMILES string of the molecule is CCC(C)CC(=O)NC[C@@H](C)O. The number of hydrogen-bond acceptors (Lipinski definition) is 2. The number of aliphatic hydroxyl groups is 1. The molecule has 0 aromatic heterocycles. The van der Waals surface area contributed by atoms with E-state index in [4.69, 9.17) is 5.11 Å². The molecule has 0 rings (SSSR count). The normalized spacial score (nSPS) is 15.3. The van der Waals surface area contributed by atoms with Crippen LogP contribution in [0.1, 0.15) is 33.6 Å². The van der Waals surface area contributed by atoms with Crippen LogP contribution < -0.4 is 5.32 Å². The number of amides is 1. The molecule has 0 aliphatic carbocycles. The van der Waals surface area contributed by atoms with Gasteiger partial charge in [0, 0.05) is 13.0 Å². The first-order valence-corrected chi connectivity index (χ1v) is 4.51. The van der Waals surface area contributed by atoms with E-state index in [1.807, 2.05) is 6.92 Å². The second-order valence-electron chi connectivity index (χ2n) is 3.37. The smallest absolute Gasteiger partial charge is 0.220 e. The monoisotopic (exact) mass is 173 g/mol. The molecular formula is C9H19NO2. The van der Waals surface area contributed by atoms with Gasteiger partial charge in [0.1, 0.15) is 0 Å². The Kier molecular flexibility index (Phi) is 5.72. The van der Waals surface area contributed by atoms with Gasteiger partial charge in [0.05, 0.1) is 6.10 Å². The van der Waals surface area contributed by atoms with E-state index in [2.05, 4.69) is 12.2 Å². The van der Waals surface area contributed by atoms with Crippen molar-refractivity contribution in [2.75, 3.05) is 6.54 Å². The summed E-state index contributed by atoms with van der Waals surface area (Å²) in [5.41, 5.74) is 0. The lowest BCUT2D eigenvalue weighted by atomic mass is 10.1. The highest BCUT2D eigenvalue weighted by Gasteiger charge is 2.06. The maximum Gasteiger partial charge on any atom is 0.220 e. The summed E-state index contributed by atoms with van der Waals surface area (Å²) < 4.78 is 0. The summed E-state index contributed by atoms with van der Waals surface area (Å²) in [4.78, 5) is 11.1. The van der Waals surface area contributed by atoms with E-state index in [0.29, 0.717) is 18.9 Å².